The third-order valence-electron chi connectivity index (χ3n) is 2.27. The normalized spacial score (nSPS) is 11.8. The molecule has 0 spiro atoms. The zero-order valence-electron chi connectivity index (χ0n) is 10.3. The SMILES string of the molecule is COCC(C)NCc1cccc(OCC#N)c1. The molecule has 1 aromatic carbocycles. The monoisotopic (exact) mass is 234 g/mol. The summed E-state index contributed by atoms with van der Waals surface area (Å²) >= 11 is 0. The zero-order chi connectivity index (χ0) is 12.5. The Morgan fingerprint density at radius 3 is 3.00 bits per heavy atom. The van der Waals surface area contributed by atoms with Crippen molar-refractivity contribution in [1.29, 1.82) is 5.26 Å². The van der Waals surface area contributed by atoms with E-state index in [1.165, 1.54) is 0 Å². The highest BCUT2D eigenvalue weighted by Gasteiger charge is 2.01. The Hall–Kier alpha value is -1.57. The van der Waals surface area contributed by atoms with Crippen LogP contribution in [0.25, 0.3) is 0 Å². The Kier molecular flexibility index (Phi) is 6.08. The lowest BCUT2D eigenvalue weighted by molar-refractivity contribution is 0.171. The molecule has 0 heterocycles. The standard InChI is InChI=1S/C13H18N2O2/c1-11(10-16-2)15-9-12-4-3-5-13(8-12)17-7-6-14/h3-5,8,11,15H,7,9-10H2,1-2H3. The van der Waals surface area contributed by atoms with Crippen molar-refractivity contribution in [1.82, 2.24) is 5.32 Å². The number of rotatable bonds is 7. The fourth-order valence-electron chi connectivity index (χ4n) is 1.46. The van der Waals surface area contributed by atoms with E-state index in [4.69, 9.17) is 14.7 Å². The lowest BCUT2D eigenvalue weighted by Crippen LogP contribution is -2.29. The molecule has 4 nitrogen and oxygen atoms in total. The molecule has 0 saturated heterocycles. The predicted molar refractivity (Wildman–Crippen MR) is 65.7 cm³/mol. The van der Waals surface area contributed by atoms with Crippen LogP contribution >= 0.6 is 0 Å². The Morgan fingerprint density at radius 1 is 1.47 bits per heavy atom. The van der Waals surface area contributed by atoms with Gasteiger partial charge in [-0.15, -0.1) is 0 Å². The van der Waals surface area contributed by atoms with Crippen LogP contribution in [0.5, 0.6) is 5.75 Å². The summed E-state index contributed by atoms with van der Waals surface area (Å²) in [6.45, 7) is 3.59. The molecule has 0 bridgehead atoms. The second-order valence-electron chi connectivity index (χ2n) is 3.83. The van der Waals surface area contributed by atoms with Gasteiger partial charge in [-0.05, 0) is 24.6 Å². The van der Waals surface area contributed by atoms with Crippen LogP contribution in [0.3, 0.4) is 0 Å². The van der Waals surface area contributed by atoms with Gasteiger partial charge in [0.05, 0.1) is 6.61 Å². The minimum Gasteiger partial charge on any atom is -0.479 e. The number of hydrogen-bond donors (Lipinski definition) is 1. The van der Waals surface area contributed by atoms with E-state index >= 15 is 0 Å². The highest BCUT2D eigenvalue weighted by Crippen LogP contribution is 2.13. The predicted octanol–water partition coefficient (Wildman–Crippen LogP) is 1.71. The summed E-state index contributed by atoms with van der Waals surface area (Å²) < 4.78 is 10.3. The summed E-state index contributed by atoms with van der Waals surface area (Å²) in [7, 11) is 1.69. The van der Waals surface area contributed by atoms with E-state index in [1.807, 2.05) is 30.3 Å². The fourth-order valence-corrected chi connectivity index (χ4v) is 1.46. The quantitative estimate of drug-likeness (QED) is 0.780. The van der Waals surface area contributed by atoms with Crippen molar-refractivity contribution in [2.75, 3.05) is 20.3 Å². The zero-order valence-corrected chi connectivity index (χ0v) is 10.3. The fraction of sp³-hybridized carbons (Fsp3) is 0.462. The number of methoxy groups -OCH3 is 1. The maximum Gasteiger partial charge on any atom is 0.174 e. The Labute approximate surface area is 102 Å². The van der Waals surface area contributed by atoms with Crippen molar-refractivity contribution in [2.45, 2.75) is 19.5 Å². The van der Waals surface area contributed by atoms with Crippen LogP contribution in [0.1, 0.15) is 12.5 Å². The number of nitriles is 1. The molecule has 1 aromatic rings. The van der Waals surface area contributed by atoms with Gasteiger partial charge in [-0.3, -0.25) is 0 Å². The largest absolute Gasteiger partial charge is 0.479 e. The smallest absolute Gasteiger partial charge is 0.174 e. The minimum absolute atomic E-state index is 0.0803. The number of ether oxygens (including phenoxy) is 2. The molecule has 17 heavy (non-hydrogen) atoms. The lowest BCUT2D eigenvalue weighted by atomic mass is 10.2. The van der Waals surface area contributed by atoms with Crippen LogP contribution in [0.15, 0.2) is 24.3 Å². The Balaban J connectivity index is 2.45. The summed E-state index contributed by atoms with van der Waals surface area (Å²) in [5, 5.41) is 11.8. The molecule has 0 fully saturated rings. The molecule has 0 saturated carbocycles. The Morgan fingerprint density at radius 2 is 2.29 bits per heavy atom. The number of benzene rings is 1. The summed E-state index contributed by atoms with van der Waals surface area (Å²) in [6, 6.07) is 9.98. The molecular weight excluding hydrogens is 216 g/mol. The van der Waals surface area contributed by atoms with Crippen molar-refractivity contribution >= 4 is 0 Å². The molecule has 1 rings (SSSR count). The van der Waals surface area contributed by atoms with Crippen LogP contribution in [0.4, 0.5) is 0 Å². The molecule has 1 N–H and O–H groups in total. The van der Waals surface area contributed by atoms with Gasteiger partial charge in [0.25, 0.3) is 0 Å². The van der Waals surface area contributed by atoms with Gasteiger partial charge < -0.3 is 14.8 Å². The molecule has 0 amide bonds. The third-order valence-corrected chi connectivity index (χ3v) is 2.27. The number of nitrogens with zero attached hydrogens (tertiary/aromatic N) is 1. The molecule has 4 heteroatoms. The van der Waals surface area contributed by atoms with Gasteiger partial charge >= 0.3 is 0 Å². The first-order valence-electron chi connectivity index (χ1n) is 5.57. The van der Waals surface area contributed by atoms with E-state index in [0.29, 0.717) is 12.6 Å². The summed E-state index contributed by atoms with van der Waals surface area (Å²) in [4.78, 5) is 0. The average Bonchev–Trinajstić information content (AvgIpc) is 2.35. The molecule has 0 aromatic heterocycles. The first kappa shape index (κ1) is 13.5. The second kappa shape index (κ2) is 7.66. The molecule has 1 unspecified atom stereocenters. The highest BCUT2D eigenvalue weighted by atomic mass is 16.5. The maximum atomic E-state index is 8.43. The van der Waals surface area contributed by atoms with Gasteiger partial charge in [0.1, 0.15) is 11.8 Å². The van der Waals surface area contributed by atoms with E-state index in [2.05, 4.69) is 12.2 Å². The van der Waals surface area contributed by atoms with Gasteiger partial charge in [-0.25, -0.2) is 0 Å². The van der Waals surface area contributed by atoms with Crippen LogP contribution < -0.4 is 10.1 Å². The van der Waals surface area contributed by atoms with Crippen LogP contribution in [0.2, 0.25) is 0 Å². The van der Waals surface area contributed by atoms with Gasteiger partial charge in [-0.1, -0.05) is 12.1 Å². The lowest BCUT2D eigenvalue weighted by Gasteiger charge is -2.13. The first-order chi connectivity index (χ1) is 8.26. The summed E-state index contributed by atoms with van der Waals surface area (Å²) in [6.07, 6.45) is 0. The van der Waals surface area contributed by atoms with Crippen molar-refractivity contribution < 1.29 is 9.47 Å². The van der Waals surface area contributed by atoms with Crippen molar-refractivity contribution in [2.24, 2.45) is 0 Å². The maximum absolute atomic E-state index is 8.43. The highest BCUT2D eigenvalue weighted by molar-refractivity contribution is 5.28. The molecule has 0 radical (unpaired) electrons. The van der Waals surface area contributed by atoms with Crippen molar-refractivity contribution in [3.8, 4) is 11.8 Å². The van der Waals surface area contributed by atoms with E-state index in [1.54, 1.807) is 7.11 Å². The number of hydrogen-bond acceptors (Lipinski definition) is 4. The molecular formula is C13H18N2O2. The number of nitrogens with one attached hydrogen (secondary N) is 1. The minimum atomic E-state index is 0.0803. The molecule has 0 aliphatic rings. The summed E-state index contributed by atoms with van der Waals surface area (Å²) in [5.74, 6) is 0.727. The first-order valence-corrected chi connectivity index (χ1v) is 5.57. The van der Waals surface area contributed by atoms with E-state index < -0.39 is 0 Å². The van der Waals surface area contributed by atoms with E-state index in [9.17, 15) is 0 Å². The van der Waals surface area contributed by atoms with Crippen LogP contribution in [-0.2, 0) is 11.3 Å². The van der Waals surface area contributed by atoms with Crippen LogP contribution in [0, 0.1) is 11.3 Å². The van der Waals surface area contributed by atoms with Gasteiger partial charge in [0, 0.05) is 19.7 Å². The molecule has 0 aliphatic carbocycles. The van der Waals surface area contributed by atoms with Gasteiger partial charge in [0.2, 0.25) is 0 Å². The van der Waals surface area contributed by atoms with Gasteiger partial charge in [0.15, 0.2) is 6.61 Å². The van der Waals surface area contributed by atoms with Crippen molar-refractivity contribution in [3.05, 3.63) is 29.8 Å². The second-order valence-corrected chi connectivity index (χ2v) is 3.83. The van der Waals surface area contributed by atoms with Crippen molar-refractivity contribution in [3.63, 3.8) is 0 Å². The summed E-state index contributed by atoms with van der Waals surface area (Å²) in [5.41, 5.74) is 1.13. The average molecular weight is 234 g/mol. The Bertz CT molecular complexity index is 374. The third kappa shape index (κ3) is 5.34. The molecule has 92 valence electrons. The molecule has 0 aliphatic heterocycles. The van der Waals surface area contributed by atoms with E-state index in [-0.39, 0.29) is 6.61 Å². The topological polar surface area (TPSA) is 54.3 Å². The van der Waals surface area contributed by atoms with Crippen LogP contribution in [-0.4, -0.2) is 26.4 Å². The van der Waals surface area contributed by atoms with E-state index in [0.717, 1.165) is 17.9 Å². The molecule has 1 atom stereocenters. The van der Waals surface area contributed by atoms with Gasteiger partial charge in [-0.2, -0.15) is 5.26 Å².